The highest BCUT2D eigenvalue weighted by Crippen LogP contribution is 2.30. The molecule has 0 bridgehead atoms. The fourth-order valence-electron chi connectivity index (χ4n) is 2.40. The van der Waals surface area contributed by atoms with E-state index in [9.17, 15) is 0 Å². The standard InChI is InChI=1S/C15H24ClN3O/c1-10-12(16)17-14(15(2,3)4)18-13(10)19(5)11-6-8-20-9-7-11/h11H,6-9H2,1-5H3. The van der Waals surface area contributed by atoms with Gasteiger partial charge in [0.15, 0.2) is 0 Å². The summed E-state index contributed by atoms with van der Waals surface area (Å²) in [5, 5.41) is 0.554. The van der Waals surface area contributed by atoms with Crippen molar-refractivity contribution in [2.45, 2.75) is 52.0 Å². The SMILES string of the molecule is Cc1c(Cl)nc(C(C)(C)C)nc1N(C)C1CCOCC1. The van der Waals surface area contributed by atoms with Crippen LogP contribution < -0.4 is 4.90 Å². The Morgan fingerprint density at radius 2 is 1.80 bits per heavy atom. The number of aromatic nitrogens is 2. The van der Waals surface area contributed by atoms with E-state index in [-0.39, 0.29) is 5.41 Å². The van der Waals surface area contributed by atoms with Crippen LogP contribution in [0.1, 0.15) is 45.0 Å². The minimum atomic E-state index is -0.109. The monoisotopic (exact) mass is 297 g/mol. The Balaban J connectivity index is 2.36. The maximum atomic E-state index is 6.31. The number of halogens is 1. The number of hydrogen-bond donors (Lipinski definition) is 0. The largest absolute Gasteiger partial charge is 0.381 e. The Morgan fingerprint density at radius 3 is 2.35 bits per heavy atom. The second kappa shape index (κ2) is 5.86. The van der Waals surface area contributed by atoms with Crippen LogP contribution in [0, 0.1) is 6.92 Å². The molecule has 0 aliphatic carbocycles. The quantitative estimate of drug-likeness (QED) is 0.785. The fraction of sp³-hybridized carbons (Fsp3) is 0.733. The summed E-state index contributed by atoms with van der Waals surface area (Å²) in [5.41, 5.74) is 0.844. The third-order valence-corrected chi connectivity index (χ3v) is 4.17. The zero-order valence-electron chi connectivity index (χ0n) is 13.0. The van der Waals surface area contributed by atoms with Gasteiger partial charge >= 0.3 is 0 Å². The van der Waals surface area contributed by atoms with Crippen molar-refractivity contribution in [3.05, 3.63) is 16.5 Å². The van der Waals surface area contributed by atoms with Crippen molar-refractivity contribution in [1.82, 2.24) is 9.97 Å². The van der Waals surface area contributed by atoms with Crippen LogP contribution in [0.3, 0.4) is 0 Å². The zero-order chi connectivity index (χ0) is 14.9. The van der Waals surface area contributed by atoms with E-state index in [1.165, 1.54) is 0 Å². The van der Waals surface area contributed by atoms with Gasteiger partial charge in [-0.05, 0) is 19.8 Å². The molecule has 5 heteroatoms. The van der Waals surface area contributed by atoms with Crippen LogP contribution in [0.4, 0.5) is 5.82 Å². The summed E-state index contributed by atoms with van der Waals surface area (Å²) in [6.45, 7) is 9.93. The Hall–Kier alpha value is -0.870. The molecular weight excluding hydrogens is 274 g/mol. The molecule has 2 rings (SSSR count). The molecule has 0 amide bonds. The topological polar surface area (TPSA) is 38.2 Å². The first-order valence-corrected chi connectivity index (χ1v) is 7.53. The van der Waals surface area contributed by atoms with Gasteiger partial charge in [0.1, 0.15) is 16.8 Å². The molecule has 1 aromatic heterocycles. The molecule has 1 aliphatic rings. The predicted octanol–water partition coefficient (Wildman–Crippen LogP) is 3.35. The average molecular weight is 298 g/mol. The smallest absolute Gasteiger partial charge is 0.137 e. The summed E-state index contributed by atoms with van der Waals surface area (Å²) in [6.07, 6.45) is 2.06. The van der Waals surface area contributed by atoms with Crippen LogP contribution in [-0.4, -0.2) is 36.3 Å². The lowest BCUT2D eigenvalue weighted by molar-refractivity contribution is 0.0853. The maximum Gasteiger partial charge on any atom is 0.137 e. The molecule has 0 radical (unpaired) electrons. The van der Waals surface area contributed by atoms with Crippen LogP contribution >= 0.6 is 11.6 Å². The molecule has 0 atom stereocenters. The molecule has 1 aromatic rings. The lowest BCUT2D eigenvalue weighted by Crippen LogP contribution is -2.38. The molecule has 0 aromatic carbocycles. The Morgan fingerprint density at radius 1 is 1.20 bits per heavy atom. The summed E-state index contributed by atoms with van der Waals surface area (Å²) < 4.78 is 5.43. The van der Waals surface area contributed by atoms with Gasteiger partial charge in [0.25, 0.3) is 0 Å². The van der Waals surface area contributed by atoms with Crippen molar-refractivity contribution < 1.29 is 4.74 Å². The van der Waals surface area contributed by atoms with E-state index in [4.69, 9.17) is 21.3 Å². The Bertz CT molecular complexity index is 479. The molecule has 20 heavy (non-hydrogen) atoms. The van der Waals surface area contributed by atoms with Gasteiger partial charge in [-0.3, -0.25) is 0 Å². The molecule has 0 N–H and O–H groups in total. The van der Waals surface area contributed by atoms with E-state index in [1.807, 2.05) is 6.92 Å². The van der Waals surface area contributed by atoms with E-state index < -0.39 is 0 Å². The van der Waals surface area contributed by atoms with E-state index in [2.05, 4.69) is 37.7 Å². The molecular formula is C15H24ClN3O. The van der Waals surface area contributed by atoms with Gasteiger partial charge in [-0.15, -0.1) is 0 Å². The molecule has 112 valence electrons. The molecule has 0 saturated carbocycles. The second-order valence-electron chi connectivity index (χ2n) is 6.49. The highest BCUT2D eigenvalue weighted by molar-refractivity contribution is 6.30. The van der Waals surface area contributed by atoms with Gasteiger partial charge in [0.05, 0.1) is 0 Å². The van der Waals surface area contributed by atoms with Gasteiger partial charge in [-0.1, -0.05) is 32.4 Å². The third kappa shape index (κ3) is 3.23. The summed E-state index contributed by atoms with van der Waals surface area (Å²) in [5.74, 6) is 1.74. The first-order valence-electron chi connectivity index (χ1n) is 7.16. The summed E-state index contributed by atoms with van der Waals surface area (Å²) in [4.78, 5) is 11.4. The van der Waals surface area contributed by atoms with Gasteiger partial charge < -0.3 is 9.64 Å². The number of anilines is 1. The van der Waals surface area contributed by atoms with Crippen LogP contribution in [0.15, 0.2) is 0 Å². The van der Waals surface area contributed by atoms with E-state index in [0.29, 0.717) is 11.2 Å². The highest BCUT2D eigenvalue weighted by Gasteiger charge is 2.25. The van der Waals surface area contributed by atoms with Crippen LogP contribution in [0.25, 0.3) is 0 Å². The van der Waals surface area contributed by atoms with Crippen molar-refractivity contribution in [2.24, 2.45) is 0 Å². The first kappa shape index (κ1) is 15.5. The van der Waals surface area contributed by atoms with Crippen molar-refractivity contribution in [1.29, 1.82) is 0 Å². The lowest BCUT2D eigenvalue weighted by Gasteiger charge is -2.33. The molecule has 0 spiro atoms. The highest BCUT2D eigenvalue weighted by atomic mass is 35.5. The molecule has 2 heterocycles. The summed E-state index contributed by atoms with van der Waals surface area (Å²) in [6, 6.07) is 0.459. The molecule has 1 aliphatic heterocycles. The fourth-order valence-corrected chi connectivity index (χ4v) is 2.57. The summed E-state index contributed by atoms with van der Waals surface area (Å²) >= 11 is 6.31. The van der Waals surface area contributed by atoms with Gasteiger partial charge in [0.2, 0.25) is 0 Å². The van der Waals surface area contributed by atoms with Crippen molar-refractivity contribution >= 4 is 17.4 Å². The van der Waals surface area contributed by atoms with Crippen LogP contribution in [-0.2, 0) is 10.2 Å². The molecule has 1 saturated heterocycles. The van der Waals surface area contributed by atoms with Gasteiger partial charge in [-0.25, -0.2) is 9.97 Å². The van der Waals surface area contributed by atoms with E-state index in [0.717, 1.165) is 43.3 Å². The normalized spacial score (nSPS) is 17.3. The minimum Gasteiger partial charge on any atom is -0.381 e. The predicted molar refractivity (Wildman–Crippen MR) is 82.7 cm³/mol. The molecule has 1 fully saturated rings. The van der Waals surface area contributed by atoms with Gasteiger partial charge in [-0.2, -0.15) is 0 Å². The van der Waals surface area contributed by atoms with Crippen molar-refractivity contribution in [2.75, 3.05) is 25.2 Å². The molecule has 0 unspecified atom stereocenters. The van der Waals surface area contributed by atoms with Crippen molar-refractivity contribution in [3.8, 4) is 0 Å². The maximum absolute atomic E-state index is 6.31. The Kier molecular flexibility index (Phi) is 4.55. The number of ether oxygens (including phenoxy) is 1. The van der Waals surface area contributed by atoms with Crippen molar-refractivity contribution in [3.63, 3.8) is 0 Å². The lowest BCUT2D eigenvalue weighted by atomic mass is 9.95. The van der Waals surface area contributed by atoms with Crippen LogP contribution in [0.2, 0.25) is 5.15 Å². The first-order chi connectivity index (χ1) is 9.30. The van der Waals surface area contributed by atoms with Crippen LogP contribution in [0.5, 0.6) is 0 Å². The average Bonchev–Trinajstić information content (AvgIpc) is 2.40. The number of nitrogens with zero attached hydrogens (tertiary/aromatic N) is 3. The number of hydrogen-bond acceptors (Lipinski definition) is 4. The second-order valence-corrected chi connectivity index (χ2v) is 6.85. The van der Waals surface area contributed by atoms with E-state index >= 15 is 0 Å². The Labute approximate surface area is 126 Å². The van der Waals surface area contributed by atoms with E-state index in [1.54, 1.807) is 0 Å². The number of rotatable bonds is 2. The zero-order valence-corrected chi connectivity index (χ0v) is 13.8. The molecule has 4 nitrogen and oxygen atoms in total. The minimum absolute atomic E-state index is 0.109. The summed E-state index contributed by atoms with van der Waals surface area (Å²) in [7, 11) is 2.09. The van der Waals surface area contributed by atoms with Gasteiger partial charge in [0, 0.05) is 37.3 Å². The third-order valence-electron chi connectivity index (χ3n) is 3.80.